The summed E-state index contributed by atoms with van der Waals surface area (Å²) < 4.78 is 0.832. The number of aliphatic hydroxyl groups excluding tert-OH is 1. The molecule has 1 aromatic carbocycles. The zero-order valence-corrected chi connectivity index (χ0v) is 12.8. The largest absolute Gasteiger partial charge is 0.394 e. The van der Waals surface area contributed by atoms with Gasteiger partial charge in [0.25, 0.3) is 5.91 Å². The van der Waals surface area contributed by atoms with Gasteiger partial charge in [-0.3, -0.25) is 4.79 Å². The van der Waals surface area contributed by atoms with Crippen molar-refractivity contribution in [2.24, 2.45) is 0 Å². The number of aliphatic hydroxyl groups is 1. The van der Waals surface area contributed by atoms with Crippen LogP contribution in [-0.4, -0.2) is 35.1 Å². The highest BCUT2D eigenvalue weighted by Crippen LogP contribution is 2.24. The Morgan fingerprint density at radius 1 is 1.42 bits per heavy atom. The molecule has 0 bridgehead atoms. The molecule has 1 aliphatic heterocycles. The first-order valence-corrected chi connectivity index (χ1v) is 7.60. The Morgan fingerprint density at radius 2 is 2.21 bits per heavy atom. The van der Waals surface area contributed by atoms with Crippen molar-refractivity contribution in [2.75, 3.05) is 13.2 Å². The molecule has 19 heavy (non-hydrogen) atoms. The van der Waals surface area contributed by atoms with E-state index in [1.54, 1.807) is 0 Å². The molecule has 0 aliphatic carbocycles. The van der Waals surface area contributed by atoms with Gasteiger partial charge in [0.1, 0.15) is 0 Å². The number of likely N-dealkylation sites (tertiary alicyclic amines) is 1. The molecule has 1 fully saturated rings. The van der Waals surface area contributed by atoms with Crippen LogP contribution in [0.1, 0.15) is 41.6 Å². The summed E-state index contributed by atoms with van der Waals surface area (Å²) in [6.07, 6.45) is 4.14. The van der Waals surface area contributed by atoms with Crippen molar-refractivity contribution in [3.8, 4) is 0 Å². The Hall–Kier alpha value is -0.870. The molecule has 1 N–H and O–H groups in total. The lowest BCUT2D eigenvalue weighted by Crippen LogP contribution is -2.42. The summed E-state index contributed by atoms with van der Waals surface area (Å²) in [5.41, 5.74) is 1.81. The number of hydrogen-bond donors (Lipinski definition) is 1. The van der Waals surface area contributed by atoms with Gasteiger partial charge in [-0.25, -0.2) is 0 Å². The molecule has 2 rings (SSSR count). The molecule has 4 heteroatoms. The van der Waals surface area contributed by atoms with Crippen LogP contribution >= 0.6 is 15.9 Å². The van der Waals surface area contributed by atoms with Gasteiger partial charge in [-0.1, -0.05) is 18.9 Å². The fourth-order valence-corrected chi connectivity index (χ4v) is 3.25. The van der Waals surface area contributed by atoms with E-state index in [2.05, 4.69) is 15.9 Å². The maximum Gasteiger partial charge on any atom is 0.255 e. The van der Waals surface area contributed by atoms with Gasteiger partial charge in [-0.15, -0.1) is 0 Å². The number of benzene rings is 1. The van der Waals surface area contributed by atoms with E-state index >= 15 is 0 Å². The number of halogens is 1. The van der Waals surface area contributed by atoms with Crippen LogP contribution in [0, 0.1) is 6.92 Å². The summed E-state index contributed by atoms with van der Waals surface area (Å²) >= 11 is 3.47. The van der Waals surface area contributed by atoms with Crippen LogP contribution in [-0.2, 0) is 0 Å². The third kappa shape index (κ3) is 3.37. The molecule has 1 aliphatic rings. The molecule has 1 atom stereocenters. The number of nitrogens with zero attached hydrogens (tertiary/aromatic N) is 1. The van der Waals surface area contributed by atoms with Crippen LogP contribution in [0.15, 0.2) is 22.7 Å². The number of carbonyl (C=O) groups is 1. The molecular weight excluding hydrogens is 306 g/mol. The van der Waals surface area contributed by atoms with Crippen molar-refractivity contribution >= 4 is 21.8 Å². The van der Waals surface area contributed by atoms with E-state index in [0.29, 0.717) is 5.56 Å². The van der Waals surface area contributed by atoms with Crippen molar-refractivity contribution in [1.29, 1.82) is 0 Å². The molecule has 1 aromatic rings. The minimum atomic E-state index is -0.0387. The van der Waals surface area contributed by atoms with Gasteiger partial charge in [0.05, 0.1) is 18.2 Å². The van der Waals surface area contributed by atoms with Crippen molar-refractivity contribution in [1.82, 2.24) is 4.90 Å². The van der Waals surface area contributed by atoms with E-state index in [1.807, 2.05) is 30.0 Å². The zero-order valence-electron chi connectivity index (χ0n) is 11.2. The molecule has 104 valence electrons. The van der Waals surface area contributed by atoms with Gasteiger partial charge < -0.3 is 10.0 Å². The number of hydrogen-bond acceptors (Lipinski definition) is 2. The minimum Gasteiger partial charge on any atom is -0.394 e. The van der Waals surface area contributed by atoms with Crippen molar-refractivity contribution in [3.63, 3.8) is 0 Å². The van der Waals surface area contributed by atoms with Crippen LogP contribution in [0.25, 0.3) is 0 Å². The fraction of sp³-hybridized carbons (Fsp3) is 0.533. The minimum absolute atomic E-state index is 0.0211. The number of aryl methyl sites for hydroxylation is 1. The second-order valence-electron chi connectivity index (χ2n) is 5.17. The molecular formula is C15H20BrNO2. The topological polar surface area (TPSA) is 40.5 Å². The third-order valence-corrected chi connectivity index (χ3v) is 4.36. The molecule has 3 nitrogen and oxygen atoms in total. The van der Waals surface area contributed by atoms with E-state index in [9.17, 15) is 9.90 Å². The zero-order chi connectivity index (χ0) is 13.8. The summed E-state index contributed by atoms with van der Waals surface area (Å²) in [7, 11) is 0. The number of carbonyl (C=O) groups excluding carboxylic acids is 1. The summed E-state index contributed by atoms with van der Waals surface area (Å²) in [6, 6.07) is 5.73. The highest BCUT2D eigenvalue weighted by Gasteiger charge is 2.26. The maximum absolute atomic E-state index is 12.6. The normalized spacial score (nSPS) is 20.2. The van der Waals surface area contributed by atoms with Crippen LogP contribution in [0.5, 0.6) is 0 Å². The van der Waals surface area contributed by atoms with Crippen LogP contribution in [0.4, 0.5) is 0 Å². The monoisotopic (exact) mass is 325 g/mol. The van der Waals surface area contributed by atoms with E-state index < -0.39 is 0 Å². The number of rotatable bonds is 2. The molecule has 0 radical (unpaired) electrons. The highest BCUT2D eigenvalue weighted by atomic mass is 79.9. The Labute approximate surface area is 122 Å². The van der Waals surface area contributed by atoms with Gasteiger partial charge in [0, 0.05) is 11.0 Å². The lowest BCUT2D eigenvalue weighted by molar-refractivity contribution is 0.0599. The van der Waals surface area contributed by atoms with Crippen molar-refractivity contribution < 1.29 is 9.90 Å². The molecule has 0 saturated carbocycles. The van der Waals surface area contributed by atoms with Gasteiger partial charge in [-0.05, 0) is 53.4 Å². The van der Waals surface area contributed by atoms with Crippen molar-refractivity contribution in [3.05, 3.63) is 33.8 Å². The molecule has 1 saturated heterocycles. The van der Waals surface area contributed by atoms with Gasteiger partial charge in [0.2, 0.25) is 0 Å². The molecule has 1 amide bonds. The fourth-order valence-electron chi connectivity index (χ4n) is 2.58. The predicted molar refractivity (Wildman–Crippen MR) is 79.3 cm³/mol. The highest BCUT2D eigenvalue weighted by molar-refractivity contribution is 9.10. The molecule has 0 spiro atoms. The van der Waals surface area contributed by atoms with E-state index in [1.165, 1.54) is 0 Å². The second-order valence-corrected chi connectivity index (χ2v) is 6.02. The Kier molecular flexibility index (Phi) is 4.99. The quantitative estimate of drug-likeness (QED) is 0.907. The first kappa shape index (κ1) is 14.5. The van der Waals surface area contributed by atoms with Crippen LogP contribution in [0.3, 0.4) is 0 Å². The molecule has 1 unspecified atom stereocenters. The van der Waals surface area contributed by atoms with Crippen LogP contribution in [0.2, 0.25) is 0 Å². The summed E-state index contributed by atoms with van der Waals surface area (Å²) in [4.78, 5) is 14.5. The average molecular weight is 326 g/mol. The summed E-state index contributed by atoms with van der Waals surface area (Å²) in [6.45, 7) is 2.79. The first-order chi connectivity index (χ1) is 9.13. The van der Waals surface area contributed by atoms with E-state index in [4.69, 9.17) is 0 Å². The lowest BCUT2D eigenvalue weighted by Gasteiger charge is -2.29. The second kappa shape index (κ2) is 6.53. The average Bonchev–Trinajstić information content (AvgIpc) is 2.63. The predicted octanol–water partition coefficient (Wildman–Crippen LogP) is 3.13. The maximum atomic E-state index is 12.6. The molecule has 0 aromatic heterocycles. The lowest BCUT2D eigenvalue weighted by atomic mass is 10.1. The van der Waals surface area contributed by atoms with E-state index in [-0.39, 0.29) is 18.6 Å². The third-order valence-electron chi connectivity index (χ3n) is 3.70. The smallest absolute Gasteiger partial charge is 0.255 e. The Morgan fingerprint density at radius 3 is 2.89 bits per heavy atom. The van der Waals surface area contributed by atoms with Crippen molar-refractivity contribution in [2.45, 2.75) is 38.6 Å². The first-order valence-electron chi connectivity index (χ1n) is 6.81. The van der Waals surface area contributed by atoms with E-state index in [0.717, 1.165) is 42.3 Å². The van der Waals surface area contributed by atoms with Gasteiger partial charge in [-0.2, -0.15) is 0 Å². The molecule has 1 heterocycles. The Bertz CT molecular complexity index is 461. The summed E-state index contributed by atoms with van der Waals surface area (Å²) in [5.74, 6) is 0.0211. The Balaban J connectivity index is 2.25. The standard InChI is InChI=1S/C15H20BrNO2/c1-11-6-7-13(14(16)9-11)15(19)17-8-4-2-3-5-12(17)10-18/h6-7,9,12,18H,2-5,8,10H2,1H3. The summed E-state index contributed by atoms with van der Waals surface area (Å²) in [5, 5.41) is 9.49. The number of amides is 1. The van der Waals surface area contributed by atoms with Crippen LogP contribution < -0.4 is 0 Å². The van der Waals surface area contributed by atoms with Gasteiger partial charge >= 0.3 is 0 Å². The van der Waals surface area contributed by atoms with Gasteiger partial charge in [0.15, 0.2) is 0 Å². The SMILES string of the molecule is Cc1ccc(C(=O)N2CCCCCC2CO)c(Br)c1.